The maximum atomic E-state index is 14.1. The number of carbonyl (C=O) groups excluding carboxylic acids is 1. The summed E-state index contributed by atoms with van der Waals surface area (Å²) in [4.78, 5) is 27.4. The number of ether oxygens (including phenoxy) is 1. The van der Waals surface area contributed by atoms with Crippen molar-refractivity contribution in [2.24, 2.45) is 11.3 Å². The van der Waals surface area contributed by atoms with Gasteiger partial charge < -0.3 is 18.9 Å². The van der Waals surface area contributed by atoms with E-state index in [4.69, 9.17) is 4.74 Å². The summed E-state index contributed by atoms with van der Waals surface area (Å²) in [6.07, 6.45) is 11.0. The average molecular weight is 448 g/mol. The third-order valence-electron chi connectivity index (χ3n) is 7.24. The molecule has 0 radical (unpaired) electrons. The second-order valence-electron chi connectivity index (χ2n) is 9.71. The molecule has 2 saturated heterocycles. The van der Waals surface area contributed by atoms with Gasteiger partial charge in [0.1, 0.15) is 0 Å². The Morgan fingerprint density at radius 3 is 2.79 bits per heavy atom. The Balaban J connectivity index is 1.34. The van der Waals surface area contributed by atoms with E-state index < -0.39 is 0 Å². The molecule has 5 rings (SSSR count). The van der Waals surface area contributed by atoms with Crippen LogP contribution in [0.5, 0.6) is 0 Å². The molecule has 3 aromatic rings. The molecular weight excluding hydrogens is 414 g/mol. The van der Waals surface area contributed by atoms with E-state index >= 15 is 0 Å². The number of fused-ring (bicyclic) bond motifs is 1. The standard InChI is InChI=1S/C26H33N5O2/c1-29-10-7-26(8-11-29,16-21-5-3-2-4-6-21)25(32)31-13-14-33-20-22(18-31)15-23-19-30-12-9-27-24(30)17-28-23/h2-6,9,12,17,19,22H,7-8,10-11,13-16,18,20H2,1H3. The molecule has 2 aliphatic heterocycles. The molecule has 0 spiro atoms. The SMILES string of the molecule is CN1CCC(Cc2ccccc2)(C(=O)N2CCOCC(Cc3cn4ccnc4cn3)C2)CC1. The number of nitrogens with zero attached hydrogens (tertiary/aromatic N) is 5. The van der Waals surface area contributed by atoms with E-state index in [1.165, 1.54) is 5.56 Å². The lowest BCUT2D eigenvalue weighted by atomic mass is 9.72. The summed E-state index contributed by atoms with van der Waals surface area (Å²) < 4.78 is 7.93. The first kappa shape index (κ1) is 22.0. The number of likely N-dealkylation sites (tertiary alicyclic amines) is 1. The molecule has 1 atom stereocenters. The first-order chi connectivity index (χ1) is 16.1. The fourth-order valence-corrected chi connectivity index (χ4v) is 5.29. The highest BCUT2D eigenvalue weighted by molar-refractivity contribution is 5.83. The number of rotatable bonds is 5. The van der Waals surface area contributed by atoms with Gasteiger partial charge in [-0.05, 0) is 51.4 Å². The highest BCUT2D eigenvalue weighted by Crippen LogP contribution is 2.37. The Hall–Kier alpha value is -2.77. The molecule has 1 amide bonds. The van der Waals surface area contributed by atoms with Crippen LogP contribution in [0.15, 0.2) is 55.1 Å². The summed E-state index contributed by atoms with van der Waals surface area (Å²) in [5.41, 5.74) is 2.76. The highest BCUT2D eigenvalue weighted by atomic mass is 16.5. The number of hydrogen-bond acceptors (Lipinski definition) is 5. The Morgan fingerprint density at radius 2 is 1.97 bits per heavy atom. The first-order valence-electron chi connectivity index (χ1n) is 12.0. The quantitative estimate of drug-likeness (QED) is 0.602. The van der Waals surface area contributed by atoms with Gasteiger partial charge in [0, 0.05) is 37.6 Å². The minimum absolute atomic E-state index is 0.227. The Labute approximate surface area is 195 Å². The monoisotopic (exact) mass is 447 g/mol. The van der Waals surface area contributed by atoms with Crippen LogP contribution in [0.3, 0.4) is 0 Å². The van der Waals surface area contributed by atoms with Gasteiger partial charge in [-0.25, -0.2) is 4.98 Å². The Bertz CT molecular complexity index is 1070. The molecule has 0 N–H and O–H groups in total. The molecule has 1 unspecified atom stereocenters. The number of amides is 1. The molecule has 7 heteroatoms. The number of piperidine rings is 1. The van der Waals surface area contributed by atoms with Crippen molar-refractivity contribution in [1.82, 2.24) is 24.2 Å². The minimum atomic E-state index is -0.337. The zero-order valence-corrected chi connectivity index (χ0v) is 19.4. The van der Waals surface area contributed by atoms with Crippen molar-refractivity contribution in [3.8, 4) is 0 Å². The van der Waals surface area contributed by atoms with Gasteiger partial charge in [-0.15, -0.1) is 0 Å². The largest absolute Gasteiger partial charge is 0.379 e. The van der Waals surface area contributed by atoms with Crippen molar-refractivity contribution >= 4 is 11.6 Å². The molecule has 0 bridgehead atoms. The van der Waals surface area contributed by atoms with Gasteiger partial charge in [0.05, 0.1) is 30.5 Å². The molecule has 1 aromatic carbocycles. The van der Waals surface area contributed by atoms with Crippen molar-refractivity contribution in [1.29, 1.82) is 0 Å². The molecule has 2 aliphatic rings. The summed E-state index contributed by atoms with van der Waals surface area (Å²) in [6.45, 7) is 4.55. The minimum Gasteiger partial charge on any atom is -0.379 e. The van der Waals surface area contributed by atoms with Gasteiger partial charge in [0.15, 0.2) is 5.65 Å². The lowest BCUT2D eigenvalue weighted by molar-refractivity contribution is -0.145. The van der Waals surface area contributed by atoms with Gasteiger partial charge in [-0.3, -0.25) is 9.78 Å². The molecule has 174 valence electrons. The summed E-state index contributed by atoms with van der Waals surface area (Å²) in [5.74, 6) is 0.526. The first-order valence-corrected chi connectivity index (χ1v) is 12.0. The maximum Gasteiger partial charge on any atom is 0.229 e. The van der Waals surface area contributed by atoms with Crippen LogP contribution >= 0.6 is 0 Å². The number of imidazole rings is 1. The van der Waals surface area contributed by atoms with Crippen LogP contribution < -0.4 is 0 Å². The summed E-state index contributed by atoms with van der Waals surface area (Å²) in [6, 6.07) is 10.5. The Kier molecular flexibility index (Phi) is 6.42. The van der Waals surface area contributed by atoms with Crippen LogP contribution in [-0.4, -0.2) is 76.5 Å². The van der Waals surface area contributed by atoms with Gasteiger partial charge >= 0.3 is 0 Å². The lowest BCUT2D eigenvalue weighted by Gasteiger charge is -2.42. The van der Waals surface area contributed by atoms with Gasteiger partial charge in [0.2, 0.25) is 5.91 Å². The average Bonchev–Trinajstić information content (AvgIpc) is 3.18. The summed E-state index contributed by atoms with van der Waals surface area (Å²) in [5, 5.41) is 0. The molecular formula is C26H33N5O2. The van der Waals surface area contributed by atoms with Crippen molar-refractivity contribution < 1.29 is 9.53 Å². The predicted molar refractivity (Wildman–Crippen MR) is 127 cm³/mol. The van der Waals surface area contributed by atoms with E-state index in [0.29, 0.717) is 25.7 Å². The van der Waals surface area contributed by atoms with Crippen LogP contribution in [0.2, 0.25) is 0 Å². The van der Waals surface area contributed by atoms with E-state index in [1.54, 1.807) is 6.20 Å². The second-order valence-corrected chi connectivity index (χ2v) is 9.71. The normalized spacial score (nSPS) is 21.7. The number of carbonyl (C=O) groups is 1. The number of aromatic nitrogens is 3. The molecule has 0 aliphatic carbocycles. The zero-order valence-electron chi connectivity index (χ0n) is 19.4. The summed E-state index contributed by atoms with van der Waals surface area (Å²) >= 11 is 0. The predicted octanol–water partition coefficient (Wildman–Crippen LogP) is 2.70. The molecule has 2 aromatic heterocycles. The lowest BCUT2D eigenvalue weighted by Crippen LogP contribution is -2.52. The van der Waals surface area contributed by atoms with Gasteiger partial charge in [-0.2, -0.15) is 0 Å². The topological polar surface area (TPSA) is 63.0 Å². The van der Waals surface area contributed by atoms with E-state index in [9.17, 15) is 4.79 Å². The van der Waals surface area contributed by atoms with Crippen LogP contribution in [0.4, 0.5) is 0 Å². The van der Waals surface area contributed by atoms with Crippen molar-refractivity contribution in [2.75, 3.05) is 46.4 Å². The van der Waals surface area contributed by atoms with Gasteiger partial charge in [-0.1, -0.05) is 30.3 Å². The van der Waals surface area contributed by atoms with E-state index in [2.05, 4.69) is 51.1 Å². The zero-order chi connectivity index (χ0) is 22.7. The second kappa shape index (κ2) is 9.61. The third kappa shape index (κ3) is 4.94. The molecule has 7 nitrogen and oxygen atoms in total. The molecule has 4 heterocycles. The highest BCUT2D eigenvalue weighted by Gasteiger charge is 2.43. The number of hydrogen-bond donors (Lipinski definition) is 0. The van der Waals surface area contributed by atoms with E-state index in [1.807, 2.05) is 29.1 Å². The number of benzene rings is 1. The molecule has 2 fully saturated rings. The van der Waals surface area contributed by atoms with Crippen molar-refractivity contribution in [2.45, 2.75) is 25.7 Å². The molecule has 33 heavy (non-hydrogen) atoms. The van der Waals surface area contributed by atoms with Crippen LogP contribution in [0, 0.1) is 11.3 Å². The van der Waals surface area contributed by atoms with Crippen LogP contribution in [-0.2, 0) is 22.4 Å². The van der Waals surface area contributed by atoms with E-state index in [-0.39, 0.29) is 11.3 Å². The smallest absolute Gasteiger partial charge is 0.229 e. The third-order valence-corrected chi connectivity index (χ3v) is 7.24. The van der Waals surface area contributed by atoms with Crippen LogP contribution in [0.1, 0.15) is 24.1 Å². The molecule has 0 saturated carbocycles. The van der Waals surface area contributed by atoms with Crippen molar-refractivity contribution in [3.63, 3.8) is 0 Å². The fourth-order valence-electron chi connectivity index (χ4n) is 5.29. The van der Waals surface area contributed by atoms with Crippen LogP contribution in [0.25, 0.3) is 5.65 Å². The summed E-state index contributed by atoms with van der Waals surface area (Å²) in [7, 11) is 2.15. The van der Waals surface area contributed by atoms with Crippen molar-refractivity contribution in [3.05, 3.63) is 66.4 Å². The van der Waals surface area contributed by atoms with E-state index in [0.717, 1.165) is 56.7 Å². The fraction of sp³-hybridized carbons (Fsp3) is 0.500. The maximum absolute atomic E-state index is 14.1. The Morgan fingerprint density at radius 1 is 1.15 bits per heavy atom. The van der Waals surface area contributed by atoms with Gasteiger partial charge in [0.25, 0.3) is 0 Å².